The highest BCUT2D eigenvalue weighted by Crippen LogP contribution is 2.20. The van der Waals surface area contributed by atoms with Gasteiger partial charge in [-0.25, -0.2) is 0 Å². The summed E-state index contributed by atoms with van der Waals surface area (Å²) in [7, 11) is 0. The third-order valence-corrected chi connectivity index (χ3v) is 3.79. The van der Waals surface area contributed by atoms with Crippen molar-refractivity contribution in [3.05, 3.63) is 65.2 Å². The van der Waals surface area contributed by atoms with Gasteiger partial charge in [0.15, 0.2) is 0 Å². The zero-order valence-electron chi connectivity index (χ0n) is 13.2. The second-order valence-corrected chi connectivity index (χ2v) is 5.74. The molecule has 2 heteroatoms. The van der Waals surface area contributed by atoms with E-state index in [1.807, 2.05) is 12.1 Å². The normalized spacial score (nSPS) is 12.4. The monoisotopic (exact) mass is 283 g/mol. The molecule has 2 aromatic rings. The highest BCUT2D eigenvalue weighted by molar-refractivity contribution is 5.29. The summed E-state index contributed by atoms with van der Waals surface area (Å²) in [6.45, 7) is 7.02. The van der Waals surface area contributed by atoms with Crippen LogP contribution >= 0.6 is 0 Å². The lowest BCUT2D eigenvalue weighted by Gasteiger charge is -2.14. The third-order valence-electron chi connectivity index (χ3n) is 3.79. The Hall–Kier alpha value is -1.80. The van der Waals surface area contributed by atoms with E-state index in [9.17, 15) is 0 Å². The van der Waals surface area contributed by atoms with Crippen LogP contribution in [0.15, 0.2) is 48.5 Å². The summed E-state index contributed by atoms with van der Waals surface area (Å²) in [6, 6.07) is 16.6. The average Bonchev–Trinajstić information content (AvgIpc) is 2.53. The van der Waals surface area contributed by atoms with Crippen molar-refractivity contribution in [1.29, 1.82) is 0 Å². The van der Waals surface area contributed by atoms with Gasteiger partial charge in [-0.3, -0.25) is 0 Å². The van der Waals surface area contributed by atoms with Crippen LogP contribution in [0, 0.1) is 0 Å². The number of nitrogens with two attached hydrogens (primary N) is 1. The van der Waals surface area contributed by atoms with Gasteiger partial charge in [-0.15, -0.1) is 0 Å². The van der Waals surface area contributed by atoms with Crippen LogP contribution in [0.3, 0.4) is 0 Å². The molecule has 2 nitrogen and oxygen atoms in total. The molecule has 0 saturated heterocycles. The smallest absolute Gasteiger partial charge is 0.119 e. The van der Waals surface area contributed by atoms with E-state index in [0.717, 1.165) is 17.7 Å². The molecule has 0 fully saturated rings. The summed E-state index contributed by atoms with van der Waals surface area (Å²) >= 11 is 0. The van der Waals surface area contributed by atoms with Crippen LogP contribution in [0.4, 0.5) is 0 Å². The highest BCUT2D eigenvalue weighted by Gasteiger charge is 2.07. The molecule has 0 bridgehead atoms. The summed E-state index contributed by atoms with van der Waals surface area (Å²) in [5.41, 5.74) is 9.96. The summed E-state index contributed by atoms with van der Waals surface area (Å²) in [6.07, 6.45) is 1.05. The first kappa shape index (κ1) is 15.6. The molecule has 21 heavy (non-hydrogen) atoms. The number of aryl methyl sites for hydroxylation is 1. The molecule has 2 rings (SSSR count). The number of hydrogen-bond donors (Lipinski definition) is 1. The second kappa shape index (κ2) is 7.28. The Morgan fingerprint density at radius 2 is 1.48 bits per heavy atom. The van der Waals surface area contributed by atoms with Gasteiger partial charge in [0.25, 0.3) is 0 Å². The van der Waals surface area contributed by atoms with Crippen LogP contribution in [0.2, 0.25) is 0 Å². The molecule has 2 N–H and O–H groups in total. The summed E-state index contributed by atoms with van der Waals surface area (Å²) in [4.78, 5) is 0. The van der Waals surface area contributed by atoms with E-state index in [0.29, 0.717) is 12.5 Å². The molecule has 0 aliphatic rings. The van der Waals surface area contributed by atoms with Crippen LogP contribution in [0.5, 0.6) is 5.75 Å². The predicted octanol–water partition coefficient (Wildman–Crippen LogP) is 4.45. The van der Waals surface area contributed by atoms with Crippen LogP contribution in [0.25, 0.3) is 0 Å². The van der Waals surface area contributed by atoms with E-state index in [-0.39, 0.29) is 6.04 Å². The van der Waals surface area contributed by atoms with Crippen molar-refractivity contribution in [2.24, 2.45) is 5.73 Å². The maximum Gasteiger partial charge on any atom is 0.119 e. The lowest BCUT2D eigenvalue weighted by molar-refractivity contribution is 0.290. The minimum absolute atomic E-state index is 0.0966. The topological polar surface area (TPSA) is 35.2 Å². The Morgan fingerprint density at radius 1 is 0.905 bits per heavy atom. The zero-order valence-corrected chi connectivity index (χ0v) is 13.2. The Labute approximate surface area is 127 Å². The third kappa shape index (κ3) is 4.33. The minimum Gasteiger partial charge on any atom is -0.492 e. The summed E-state index contributed by atoms with van der Waals surface area (Å²) < 4.78 is 5.79. The molecule has 0 amide bonds. The maximum atomic E-state index is 6.19. The lowest BCUT2D eigenvalue weighted by atomic mass is 10.0. The van der Waals surface area contributed by atoms with Gasteiger partial charge >= 0.3 is 0 Å². The van der Waals surface area contributed by atoms with Gasteiger partial charge < -0.3 is 10.5 Å². The van der Waals surface area contributed by atoms with E-state index in [1.165, 1.54) is 11.1 Å². The molecule has 1 unspecified atom stereocenters. The van der Waals surface area contributed by atoms with Crippen LogP contribution in [-0.2, 0) is 6.42 Å². The molecular formula is C19H25NO. The number of ether oxygens (including phenoxy) is 1. The largest absolute Gasteiger partial charge is 0.492 e. The summed E-state index contributed by atoms with van der Waals surface area (Å²) in [5.74, 6) is 1.42. The molecule has 0 heterocycles. The predicted molar refractivity (Wildman–Crippen MR) is 88.8 cm³/mol. The SMILES string of the molecule is CCc1ccc(C(N)COc2ccc(C(C)C)cc2)cc1. The molecule has 0 saturated carbocycles. The lowest BCUT2D eigenvalue weighted by Crippen LogP contribution is -2.19. The molecule has 1 atom stereocenters. The molecule has 0 aromatic heterocycles. The van der Waals surface area contributed by atoms with Gasteiger partial charge in [-0.1, -0.05) is 57.2 Å². The van der Waals surface area contributed by atoms with E-state index in [1.54, 1.807) is 0 Å². The molecule has 2 aromatic carbocycles. The number of benzene rings is 2. The van der Waals surface area contributed by atoms with Gasteiger partial charge in [-0.05, 0) is 41.2 Å². The fraction of sp³-hybridized carbons (Fsp3) is 0.368. The fourth-order valence-electron chi connectivity index (χ4n) is 2.23. The van der Waals surface area contributed by atoms with Crippen molar-refractivity contribution >= 4 is 0 Å². The fourth-order valence-corrected chi connectivity index (χ4v) is 2.23. The minimum atomic E-state index is -0.0966. The Morgan fingerprint density at radius 3 is 2.00 bits per heavy atom. The van der Waals surface area contributed by atoms with Crippen molar-refractivity contribution in [1.82, 2.24) is 0 Å². The molecule has 0 aliphatic carbocycles. The van der Waals surface area contributed by atoms with E-state index >= 15 is 0 Å². The van der Waals surface area contributed by atoms with Gasteiger partial charge in [0.1, 0.15) is 12.4 Å². The van der Waals surface area contributed by atoms with Crippen molar-refractivity contribution in [3.63, 3.8) is 0 Å². The maximum absolute atomic E-state index is 6.19. The Bertz CT molecular complexity index is 543. The van der Waals surface area contributed by atoms with Crippen LogP contribution in [-0.4, -0.2) is 6.61 Å². The average molecular weight is 283 g/mol. The Balaban J connectivity index is 1.92. The number of hydrogen-bond acceptors (Lipinski definition) is 2. The zero-order chi connectivity index (χ0) is 15.2. The van der Waals surface area contributed by atoms with E-state index in [2.05, 4.69) is 57.2 Å². The van der Waals surface area contributed by atoms with E-state index < -0.39 is 0 Å². The van der Waals surface area contributed by atoms with Gasteiger partial charge in [-0.2, -0.15) is 0 Å². The van der Waals surface area contributed by atoms with Crippen molar-refractivity contribution in [2.45, 2.75) is 39.2 Å². The van der Waals surface area contributed by atoms with Gasteiger partial charge in [0.2, 0.25) is 0 Å². The van der Waals surface area contributed by atoms with E-state index in [4.69, 9.17) is 10.5 Å². The summed E-state index contributed by atoms with van der Waals surface area (Å²) in [5, 5.41) is 0. The quantitative estimate of drug-likeness (QED) is 0.850. The standard InChI is InChI=1S/C19H25NO/c1-4-15-5-7-17(8-6-15)19(20)13-21-18-11-9-16(10-12-18)14(2)3/h5-12,14,19H,4,13,20H2,1-3H3. The molecule has 0 radical (unpaired) electrons. The number of rotatable bonds is 6. The van der Waals surface area contributed by atoms with Crippen molar-refractivity contribution in [3.8, 4) is 5.75 Å². The van der Waals surface area contributed by atoms with Crippen LogP contribution in [0.1, 0.15) is 49.4 Å². The van der Waals surface area contributed by atoms with Gasteiger partial charge in [0.05, 0.1) is 6.04 Å². The van der Waals surface area contributed by atoms with Gasteiger partial charge in [0, 0.05) is 0 Å². The van der Waals surface area contributed by atoms with Crippen LogP contribution < -0.4 is 10.5 Å². The Kier molecular flexibility index (Phi) is 5.40. The van der Waals surface area contributed by atoms with Crippen molar-refractivity contribution in [2.75, 3.05) is 6.61 Å². The molecule has 112 valence electrons. The highest BCUT2D eigenvalue weighted by atomic mass is 16.5. The second-order valence-electron chi connectivity index (χ2n) is 5.74. The molecule has 0 aliphatic heterocycles. The first-order chi connectivity index (χ1) is 10.1. The van der Waals surface area contributed by atoms with Crippen molar-refractivity contribution < 1.29 is 4.74 Å². The first-order valence-corrected chi connectivity index (χ1v) is 7.67. The molecule has 0 spiro atoms. The molecular weight excluding hydrogens is 258 g/mol. The first-order valence-electron chi connectivity index (χ1n) is 7.67.